The summed E-state index contributed by atoms with van der Waals surface area (Å²) in [6.07, 6.45) is 7.24. The van der Waals surface area contributed by atoms with Gasteiger partial charge in [-0.1, -0.05) is 25.0 Å². The van der Waals surface area contributed by atoms with Gasteiger partial charge in [0.05, 0.1) is 14.2 Å². The average molecular weight is 302 g/mol. The maximum Gasteiger partial charge on any atom is 0.161 e. The van der Waals surface area contributed by atoms with E-state index in [1.165, 1.54) is 43.2 Å². The van der Waals surface area contributed by atoms with Crippen LogP contribution in [0.25, 0.3) is 0 Å². The van der Waals surface area contributed by atoms with Crippen LogP contribution >= 0.6 is 0 Å². The predicted octanol–water partition coefficient (Wildman–Crippen LogP) is 5.65. The van der Waals surface area contributed by atoms with Crippen molar-refractivity contribution in [1.29, 1.82) is 0 Å². The van der Waals surface area contributed by atoms with Gasteiger partial charge in [0.15, 0.2) is 11.5 Å². The molecule has 0 fully saturated rings. The fourth-order valence-electron chi connectivity index (χ4n) is 3.81. The van der Waals surface area contributed by atoms with Crippen LogP contribution in [0.3, 0.4) is 0 Å². The van der Waals surface area contributed by atoms with E-state index in [1.807, 2.05) is 0 Å². The van der Waals surface area contributed by atoms with Gasteiger partial charge < -0.3 is 9.47 Å². The summed E-state index contributed by atoms with van der Waals surface area (Å²) in [4.78, 5) is 0. The third-order valence-electron chi connectivity index (χ3n) is 5.09. The number of methoxy groups -OCH3 is 2. The van der Waals surface area contributed by atoms with Crippen molar-refractivity contribution in [2.24, 2.45) is 0 Å². The van der Waals surface area contributed by atoms with E-state index in [1.54, 1.807) is 25.4 Å². The Morgan fingerprint density at radius 2 is 1.73 bits per heavy atom. The summed E-state index contributed by atoms with van der Waals surface area (Å²) in [5.74, 6) is 2.34. The minimum absolute atomic E-state index is 0.622. The molecule has 1 aliphatic carbocycles. The van der Waals surface area contributed by atoms with Crippen molar-refractivity contribution in [1.82, 2.24) is 0 Å². The maximum absolute atomic E-state index is 5.51. The summed E-state index contributed by atoms with van der Waals surface area (Å²) in [7, 11) is 3.44. The number of hydrogen-bond donors (Lipinski definition) is 0. The van der Waals surface area contributed by atoms with Gasteiger partial charge in [-0.15, -0.1) is 0 Å². The van der Waals surface area contributed by atoms with Gasteiger partial charge in [-0.3, -0.25) is 0 Å². The molecule has 1 atom stereocenters. The molecule has 22 heavy (non-hydrogen) atoms. The van der Waals surface area contributed by atoms with Crippen molar-refractivity contribution in [2.45, 2.75) is 65.2 Å². The smallest absolute Gasteiger partial charge is 0.161 e. The number of fused-ring (bicyclic) bond motifs is 1. The molecule has 0 N–H and O–H groups in total. The number of benzene rings is 1. The number of rotatable bonds is 6. The molecule has 0 amide bonds. The summed E-state index contributed by atoms with van der Waals surface area (Å²) in [6.45, 7) is 6.85. The molecule has 0 heterocycles. The zero-order valence-electron chi connectivity index (χ0n) is 14.8. The molecule has 0 aliphatic heterocycles. The van der Waals surface area contributed by atoms with Crippen molar-refractivity contribution < 1.29 is 9.47 Å². The Labute approximate surface area is 135 Å². The van der Waals surface area contributed by atoms with Gasteiger partial charge in [-0.2, -0.15) is 0 Å². The first-order chi connectivity index (χ1) is 10.6. The zero-order valence-corrected chi connectivity index (χ0v) is 14.8. The van der Waals surface area contributed by atoms with Crippen LogP contribution in [0.5, 0.6) is 11.5 Å². The lowest BCUT2D eigenvalue weighted by molar-refractivity contribution is 0.352. The monoisotopic (exact) mass is 302 g/mol. The highest BCUT2D eigenvalue weighted by molar-refractivity contribution is 5.49. The fraction of sp³-hybridized carbons (Fsp3) is 0.600. The molecular weight excluding hydrogens is 272 g/mol. The Morgan fingerprint density at radius 1 is 1.09 bits per heavy atom. The molecule has 1 aromatic rings. The van der Waals surface area contributed by atoms with E-state index < -0.39 is 0 Å². The summed E-state index contributed by atoms with van der Waals surface area (Å²) < 4.78 is 11.0. The third kappa shape index (κ3) is 3.48. The van der Waals surface area contributed by atoms with Crippen LogP contribution < -0.4 is 9.47 Å². The lowest BCUT2D eigenvalue weighted by Gasteiger charge is -2.28. The van der Waals surface area contributed by atoms with E-state index in [-0.39, 0.29) is 0 Å². The minimum atomic E-state index is 0.622. The molecule has 2 rings (SSSR count). The Kier molecular flexibility index (Phi) is 5.93. The molecule has 1 aromatic carbocycles. The molecule has 0 aromatic heterocycles. The molecule has 1 aliphatic rings. The van der Waals surface area contributed by atoms with Gasteiger partial charge >= 0.3 is 0 Å². The predicted molar refractivity (Wildman–Crippen MR) is 93.1 cm³/mol. The molecule has 2 nitrogen and oxygen atoms in total. The van der Waals surface area contributed by atoms with Crippen molar-refractivity contribution in [3.05, 3.63) is 34.4 Å². The Bertz CT molecular complexity index is 537. The van der Waals surface area contributed by atoms with E-state index in [9.17, 15) is 0 Å². The number of allylic oxidation sites excluding steroid dienone is 2. The first-order valence-corrected chi connectivity index (χ1v) is 8.56. The van der Waals surface area contributed by atoms with Crippen LogP contribution in [0.4, 0.5) is 0 Å². The second kappa shape index (κ2) is 7.71. The van der Waals surface area contributed by atoms with Crippen molar-refractivity contribution in [2.75, 3.05) is 14.2 Å². The number of ether oxygens (including phenoxy) is 2. The van der Waals surface area contributed by atoms with Crippen LogP contribution in [0, 0.1) is 0 Å². The second-order valence-corrected chi connectivity index (χ2v) is 6.29. The van der Waals surface area contributed by atoms with Gasteiger partial charge in [0.2, 0.25) is 0 Å². The SMILES string of the molecule is CCC(CC)=C(C)CC1CCCc2cc(OC)c(OC)cc21. The lowest BCUT2D eigenvalue weighted by Crippen LogP contribution is -2.11. The minimum Gasteiger partial charge on any atom is -0.493 e. The van der Waals surface area contributed by atoms with Crippen LogP contribution in [-0.4, -0.2) is 14.2 Å². The highest BCUT2D eigenvalue weighted by atomic mass is 16.5. The van der Waals surface area contributed by atoms with E-state index in [0.717, 1.165) is 17.9 Å². The van der Waals surface area contributed by atoms with Crippen molar-refractivity contribution in [3.8, 4) is 11.5 Å². The van der Waals surface area contributed by atoms with Gasteiger partial charge in [0, 0.05) is 0 Å². The van der Waals surface area contributed by atoms with Gasteiger partial charge in [0.1, 0.15) is 0 Å². The first kappa shape index (κ1) is 16.9. The highest BCUT2D eigenvalue weighted by Crippen LogP contribution is 2.42. The molecule has 1 unspecified atom stereocenters. The molecule has 0 bridgehead atoms. The topological polar surface area (TPSA) is 18.5 Å². The van der Waals surface area contributed by atoms with E-state index in [4.69, 9.17) is 9.47 Å². The molecule has 0 radical (unpaired) electrons. The summed E-state index contributed by atoms with van der Waals surface area (Å²) in [6, 6.07) is 4.39. The van der Waals surface area contributed by atoms with Crippen LogP contribution in [0.2, 0.25) is 0 Å². The Balaban J connectivity index is 2.33. The molecule has 0 spiro atoms. The number of hydrogen-bond acceptors (Lipinski definition) is 2. The van der Waals surface area contributed by atoms with E-state index in [0.29, 0.717) is 5.92 Å². The molecule has 122 valence electrons. The normalized spacial score (nSPS) is 16.9. The average Bonchev–Trinajstić information content (AvgIpc) is 2.55. The molecule has 2 heteroatoms. The maximum atomic E-state index is 5.51. The highest BCUT2D eigenvalue weighted by Gasteiger charge is 2.23. The van der Waals surface area contributed by atoms with Gasteiger partial charge in [0.25, 0.3) is 0 Å². The first-order valence-electron chi connectivity index (χ1n) is 8.56. The van der Waals surface area contributed by atoms with Crippen LogP contribution in [0.15, 0.2) is 23.3 Å². The Morgan fingerprint density at radius 3 is 2.32 bits per heavy atom. The Hall–Kier alpha value is -1.44. The molecular formula is C20H30O2. The summed E-state index contributed by atoms with van der Waals surface area (Å²) in [5.41, 5.74) is 6.11. The molecule has 0 saturated heterocycles. The van der Waals surface area contributed by atoms with Crippen molar-refractivity contribution in [3.63, 3.8) is 0 Å². The van der Waals surface area contributed by atoms with Crippen LogP contribution in [-0.2, 0) is 6.42 Å². The molecule has 0 saturated carbocycles. The van der Waals surface area contributed by atoms with Crippen LogP contribution in [0.1, 0.15) is 69.9 Å². The summed E-state index contributed by atoms with van der Waals surface area (Å²) in [5, 5.41) is 0. The number of aryl methyl sites for hydroxylation is 1. The van der Waals surface area contributed by atoms with Gasteiger partial charge in [-0.25, -0.2) is 0 Å². The fourth-order valence-corrected chi connectivity index (χ4v) is 3.81. The zero-order chi connectivity index (χ0) is 16.1. The second-order valence-electron chi connectivity index (χ2n) is 6.29. The van der Waals surface area contributed by atoms with E-state index >= 15 is 0 Å². The summed E-state index contributed by atoms with van der Waals surface area (Å²) >= 11 is 0. The third-order valence-corrected chi connectivity index (χ3v) is 5.09. The largest absolute Gasteiger partial charge is 0.493 e. The van der Waals surface area contributed by atoms with E-state index in [2.05, 4.69) is 32.9 Å². The van der Waals surface area contributed by atoms with Crippen molar-refractivity contribution >= 4 is 0 Å². The van der Waals surface area contributed by atoms with Gasteiger partial charge in [-0.05, 0) is 74.6 Å². The standard InChI is InChI=1S/C20H30O2/c1-6-15(7-2)14(3)11-16-9-8-10-17-12-19(21-4)20(22-5)13-18(16)17/h12-13,16H,6-11H2,1-5H3. The quantitative estimate of drug-likeness (QED) is 0.632. The lowest BCUT2D eigenvalue weighted by atomic mass is 9.78.